The number of benzene rings is 5. The van der Waals surface area contributed by atoms with Crippen molar-refractivity contribution in [2.45, 2.75) is 47.9 Å². The fourth-order valence-corrected chi connectivity index (χ4v) is 27.8. The molecular weight excluding hydrogens is 671 g/mol. The van der Waals surface area contributed by atoms with E-state index >= 15 is 0 Å². The van der Waals surface area contributed by atoms with E-state index in [0.29, 0.717) is 7.25 Å². The summed E-state index contributed by atoms with van der Waals surface area (Å²) in [5, 5.41) is 2.68. The molecule has 0 radical (unpaired) electrons. The van der Waals surface area contributed by atoms with Crippen molar-refractivity contribution in [2.24, 2.45) is 0 Å². The molecule has 5 aromatic rings. The van der Waals surface area contributed by atoms with Gasteiger partial charge in [-0.2, -0.15) is 0 Å². The monoisotopic (exact) mass is 709 g/mol. The van der Waals surface area contributed by atoms with E-state index in [-0.39, 0.29) is 31.5 Å². The zero-order valence-corrected chi connectivity index (χ0v) is 31.8. The maximum absolute atomic E-state index is 2.63. The summed E-state index contributed by atoms with van der Waals surface area (Å²) in [6.45, 7) is 11.3. The zero-order chi connectivity index (χ0) is 29.2. The Kier molecular flexibility index (Phi) is 11.9. The molecule has 44 heavy (non-hydrogen) atoms. The minimum atomic E-state index is -1.97. The summed E-state index contributed by atoms with van der Waals surface area (Å²) in [6, 6.07) is 40.9. The van der Waals surface area contributed by atoms with Crippen LogP contribution in [0, 0.1) is 0 Å². The van der Waals surface area contributed by atoms with Gasteiger partial charge in [-0.1, -0.05) is 13.8 Å². The van der Waals surface area contributed by atoms with Crippen molar-refractivity contribution in [3.05, 3.63) is 143 Å². The first kappa shape index (κ1) is 34.4. The van der Waals surface area contributed by atoms with Gasteiger partial charge in [-0.05, 0) is 0 Å². The van der Waals surface area contributed by atoms with Crippen LogP contribution in [0.15, 0.2) is 120 Å². The average molecular weight is 712 g/mol. The molecule has 223 valence electrons. The first-order valence-corrected chi connectivity index (χ1v) is 25.9. The molecule has 0 aromatic heterocycles. The van der Waals surface area contributed by atoms with Gasteiger partial charge in [-0.25, -0.2) is 0 Å². The van der Waals surface area contributed by atoms with Crippen molar-refractivity contribution >= 4 is 29.6 Å². The molecule has 5 aromatic carbocycles. The molecule has 2 unspecified atom stereocenters. The van der Waals surface area contributed by atoms with Crippen molar-refractivity contribution in [1.29, 1.82) is 0 Å². The van der Waals surface area contributed by atoms with Crippen LogP contribution in [0.5, 0.6) is 0 Å². The molecule has 4 heteroatoms. The number of halogens is 2. The SMILES string of the molecule is CC.CCC1=Cc2c(-c3cccc4ccccc34)cccc2[CH]1[Zr+2]([SiH2]C)[CH]1C(C)=Cc2c(-c3ccccc3)cccc21.[Cl-].[Cl-]. The molecule has 0 fully saturated rings. The Balaban J connectivity index is 0.00000108. The molecule has 2 aliphatic rings. The van der Waals surface area contributed by atoms with Crippen molar-refractivity contribution in [3.8, 4) is 22.3 Å². The van der Waals surface area contributed by atoms with Crippen LogP contribution >= 0.6 is 0 Å². The summed E-state index contributed by atoms with van der Waals surface area (Å²) in [5.74, 6) is 0. The summed E-state index contributed by atoms with van der Waals surface area (Å²) in [4.78, 5) is 0. The summed E-state index contributed by atoms with van der Waals surface area (Å²) < 4.78 is 1.37. The molecule has 0 saturated carbocycles. The third-order valence-corrected chi connectivity index (χ3v) is 28.0. The molecule has 0 amide bonds. The molecule has 0 spiro atoms. The van der Waals surface area contributed by atoms with Crippen LogP contribution in [-0.2, 0) is 20.9 Å². The van der Waals surface area contributed by atoms with Gasteiger partial charge >= 0.3 is 249 Å². The van der Waals surface area contributed by atoms with Crippen LogP contribution in [0.2, 0.25) is 6.55 Å². The van der Waals surface area contributed by atoms with Gasteiger partial charge in [0.05, 0.1) is 0 Å². The second-order valence-electron chi connectivity index (χ2n) is 11.3. The second kappa shape index (κ2) is 15.2. The Morgan fingerprint density at radius 3 is 1.89 bits per heavy atom. The topological polar surface area (TPSA) is 0 Å². The molecule has 2 aliphatic carbocycles. The molecule has 7 rings (SSSR count). The van der Waals surface area contributed by atoms with E-state index in [2.05, 4.69) is 142 Å². The number of rotatable bonds is 6. The molecule has 0 nitrogen and oxygen atoms in total. The van der Waals surface area contributed by atoms with Crippen LogP contribution in [0.3, 0.4) is 0 Å². The van der Waals surface area contributed by atoms with E-state index in [1.807, 2.05) is 13.8 Å². The van der Waals surface area contributed by atoms with Gasteiger partial charge in [-0.3, -0.25) is 0 Å². The minimum absolute atomic E-state index is 0. The van der Waals surface area contributed by atoms with Crippen LogP contribution < -0.4 is 24.8 Å². The van der Waals surface area contributed by atoms with E-state index < -0.39 is 20.9 Å². The molecule has 0 saturated heterocycles. The van der Waals surface area contributed by atoms with Gasteiger partial charge in [0.25, 0.3) is 0 Å². The van der Waals surface area contributed by atoms with E-state index in [4.69, 9.17) is 0 Å². The predicted octanol–water partition coefficient (Wildman–Crippen LogP) is 4.96. The van der Waals surface area contributed by atoms with E-state index in [0.717, 1.165) is 6.42 Å². The van der Waals surface area contributed by atoms with Crippen LogP contribution in [0.25, 0.3) is 45.2 Å². The summed E-state index contributed by atoms with van der Waals surface area (Å²) in [6.07, 6.45) is 6.31. The third kappa shape index (κ3) is 6.04. The Hall–Kier alpha value is -2.48. The molecule has 2 atom stereocenters. The fourth-order valence-electron chi connectivity index (χ4n) is 7.39. The van der Waals surface area contributed by atoms with Crippen LogP contribution in [-0.4, -0.2) is 6.65 Å². The molecule has 0 heterocycles. The smallest absolute Gasteiger partial charge is 1.00 e. The van der Waals surface area contributed by atoms with E-state index in [9.17, 15) is 0 Å². The van der Waals surface area contributed by atoms with Crippen molar-refractivity contribution < 1.29 is 45.7 Å². The Labute approximate surface area is 286 Å². The minimum Gasteiger partial charge on any atom is -1.00 e. The third-order valence-electron chi connectivity index (χ3n) is 9.15. The van der Waals surface area contributed by atoms with Gasteiger partial charge in [-0.15, -0.1) is 0 Å². The Morgan fingerprint density at radius 1 is 0.614 bits per heavy atom. The number of fused-ring (bicyclic) bond motifs is 3. The molecule has 0 aliphatic heterocycles. The summed E-state index contributed by atoms with van der Waals surface area (Å²) in [5.41, 5.74) is 15.1. The zero-order valence-electron chi connectivity index (χ0n) is 26.4. The number of hydrogen-bond donors (Lipinski definition) is 0. The Bertz CT molecular complexity index is 1800. The van der Waals surface area contributed by atoms with Gasteiger partial charge in [0.2, 0.25) is 0 Å². The predicted molar refractivity (Wildman–Crippen MR) is 184 cm³/mol. The maximum Gasteiger partial charge on any atom is -1.00 e. The van der Waals surface area contributed by atoms with Crippen molar-refractivity contribution in [1.82, 2.24) is 0 Å². The maximum atomic E-state index is 2.63. The second-order valence-corrected chi connectivity index (χ2v) is 27.7. The Morgan fingerprint density at radius 2 is 1.18 bits per heavy atom. The van der Waals surface area contributed by atoms with Crippen molar-refractivity contribution in [2.75, 3.05) is 0 Å². The van der Waals surface area contributed by atoms with Gasteiger partial charge in [0, 0.05) is 0 Å². The molecule has 0 bridgehead atoms. The summed E-state index contributed by atoms with van der Waals surface area (Å²) >= 11 is -1.97. The average Bonchev–Trinajstić information content (AvgIpc) is 3.60. The number of allylic oxidation sites excluding steroid dienone is 2. The number of hydrogen-bond acceptors (Lipinski definition) is 0. The standard InChI is InChI=1S/C21H17.C16H13.C2H6.CH5Si.2ClH.Zr/c1-2-15-13-17-9-6-12-20(21(17)14-15)19-11-5-8-16-7-3-4-10-18(16)19;1-12-10-14-8-5-9-15(16(14)11-12)13-6-3-2-4-7-13;2*1-2;;;/h3-14H,2H2,1H3;2-11H,1H3;1-2H3;2H2,1H3;2*1H;/q;;;;;;+2/p-2. The van der Waals surface area contributed by atoms with E-state index in [1.165, 1.54) is 44.2 Å². The van der Waals surface area contributed by atoms with Crippen LogP contribution in [0.4, 0.5) is 0 Å². The summed E-state index contributed by atoms with van der Waals surface area (Å²) in [7, 11) is 0. The normalized spacial score (nSPS) is 16.2. The van der Waals surface area contributed by atoms with Gasteiger partial charge < -0.3 is 24.8 Å². The largest absolute Gasteiger partial charge is 1.00 e. The van der Waals surface area contributed by atoms with E-state index in [1.54, 1.807) is 22.3 Å². The van der Waals surface area contributed by atoms with Crippen LogP contribution in [0.1, 0.15) is 63.6 Å². The first-order valence-electron chi connectivity index (χ1n) is 15.7. The fraction of sp³-hybridized carbons (Fsp3) is 0.200. The first-order chi connectivity index (χ1) is 20.7. The molecule has 0 N–H and O–H groups in total. The van der Waals surface area contributed by atoms with Crippen molar-refractivity contribution in [3.63, 3.8) is 0 Å². The quantitative estimate of drug-likeness (QED) is 0.219. The van der Waals surface area contributed by atoms with Gasteiger partial charge in [0.1, 0.15) is 0 Å². The molecular formula is C40H41Cl2SiZr. The van der Waals surface area contributed by atoms with Gasteiger partial charge in [0.15, 0.2) is 0 Å².